The van der Waals surface area contributed by atoms with Crippen LogP contribution in [0.3, 0.4) is 0 Å². The summed E-state index contributed by atoms with van der Waals surface area (Å²) in [7, 11) is 1.59. The number of aromatic amines is 1. The topological polar surface area (TPSA) is 101 Å². The molecule has 4 aromatic rings. The number of methoxy groups -OCH3 is 1. The van der Waals surface area contributed by atoms with Crippen molar-refractivity contribution in [1.29, 1.82) is 0 Å². The first-order valence-corrected chi connectivity index (χ1v) is 10.4. The van der Waals surface area contributed by atoms with Crippen molar-refractivity contribution >= 4 is 11.6 Å². The van der Waals surface area contributed by atoms with Crippen molar-refractivity contribution in [3.63, 3.8) is 0 Å². The largest absolute Gasteiger partial charge is 0.497 e. The van der Waals surface area contributed by atoms with E-state index in [1.54, 1.807) is 19.4 Å². The molecule has 8 heteroatoms. The Labute approximate surface area is 185 Å². The van der Waals surface area contributed by atoms with Gasteiger partial charge in [0.2, 0.25) is 5.91 Å². The predicted molar refractivity (Wildman–Crippen MR) is 121 cm³/mol. The lowest BCUT2D eigenvalue weighted by Crippen LogP contribution is -2.34. The van der Waals surface area contributed by atoms with E-state index in [4.69, 9.17) is 4.74 Å². The molecule has 1 amide bonds. The Morgan fingerprint density at radius 1 is 1.16 bits per heavy atom. The van der Waals surface area contributed by atoms with Gasteiger partial charge in [-0.15, -0.1) is 0 Å². The molecule has 0 bridgehead atoms. The summed E-state index contributed by atoms with van der Waals surface area (Å²) in [6, 6.07) is 15.8. The Hall–Kier alpha value is -3.94. The lowest BCUT2D eigenvalue weighted by molar-refractivity contribution is -0.121. The predicted octanol–water partition coefficient (Wildman–Crippen LogP) is 3.15. The molecule has 1 atom stereocenters. The van der Waals surface area contributed by atoms with Crippen LogP contribution in [0.4, 0.5) is 0 Å². The number of benzene rings is 1. The van der Waals surface area contributed by atoms with E-state index in [1.807, 2.05) is 56.3 Å². The summed E-state index contributed by atoms with van der Waals surface area (Å²) >= 11 is 0. The molecular weight excluding hydrogens is 406 g/mol. The van der Waals surface area contributed by atoms with Crippen molar-refractivity contribution < 1.29 is 9.53 Å². The van der Waals surface area contributed by atoms with Gasteiger partial charge in [0.25, 0.3) is 5.56 Å². The zero-order valence-electron chi connectivity index (χ0n) is 18.2. The second-order valence-corrected chi connectivity index (χ2v) is 7.92. The molecule has 4 rings (SSSR count). The number of carbonyl (C=O) groups excluding carboxylic acids is 1. The maximum Gasteiger partial charge on any atom is 0.272 e. The van der Waals surface area contributed by atoms with Crippen molar-refractivity contribution in [1.82, 2.24) is 24.9 Å². The lowest BCUT2D eigenvalue weighted by atomic mass is 10.00. The van der Waals surface area contributed by atoms with Crippen molar-refractivity contribution in [2.45, 2.75) is 26.3 Å². The van der Waals surface area contributed by atoms with Gasteiger partial charge in [0.05, 0.1) is 36.7 Å². The van der Waals surface area contributed by atoms with Gasteiger partial charge in [-0.05, 0) is 35.7 Å². The summed E-state index contributed by atoms with van der Waals surface area (Å²) in [5, 5.41) is 6.08. The highest BCUT2D eigenvalue weighted by atomic mass is 16.5. The number of aromatic nitrogens is 4. The van der Waals surface area contributed by atoms with Crippen LogP contribution in [0.2, 0.25) is 0 Å². The number of ether oxygens (including phenoxy) is 1. The van der Waals surface area contributed by atoms with E-state index >= 15 is 0 Å². The molecule has 0 radical (unpaired) electrons. The first-order valence-electron chi connectivity index (χ1n) is 10.4. The third-order valence-electron chi connectivity index (χ3n) is 5.21. The lowest BCUT2D eigenvalue weighted by Gasteiger charge is -2.22. The van der Waals surface area contributed by atoms with Gasteiger partial charge in [-0.2, -0.15) is 0 Å². The normalized spacial score (nSPS) is 12.1. The smallest absolute Gasteiger partial charge is 0.272 e. The van der Waals surface area contributed by atoms with Crippen molar-refractivity contribution in [2.24, 2.45) is 5.92 Å². The van der Waals surface area contributed by atoms with Gasteiger partial charge in [-0.25, -0.2) is 9.50 Å². The standard InChI is InChI=1S/C24H25N5O3/c1-15(2)24(27-22(30)12-16-7-6-8-17(11-16)32-3)20-14-23(31)29-21(26-20)13-19(28-29)18-9-4-5-10-25-18/h4-11,13-15,24,28H,12H2,1-3H3,(H,27,30)/t24-/m1/s1. The highest BCUT2D eigenvalue weighted by Crippen LogP contribution is 2.22. The highest BCUT2D eigenvalue weighted by Gasteiger charge is 2.22. The van der Waals surface area contributed by atoms with Crippen molar-refractivity contribution in [3.05, 3.63) is 82.4 Å². The fourth-order valence-electron chi connectivity index (χ4n) is 3.60. The van der Waals surface area contributed by atoms with Crippen LogP contribution in [-0.4, -0.2) is 32.6 Å². The zero-order chi connectivity index (χ0) is 22.7. The van der Waals surface area contributed by atoms with E-state index in [0.717, 1.165) is 5.56 Å². The van der Waals surface area contributed by atoms with E-state index in [-0.39, 0.29) is 23.8 Å². The summed E-state index contributed by atoms with van der Waals surface area (Å²) in [5.41, 5.74) is 3.00. The maximum atomic E-state index is 12.8. The zero-order valence-corrected chi connectivity index (χ0v) is 18.2. The number of fused-ring (bicyclic) bond motifs is 1. The van der Waals surface area contributed by atoms with E-state index in [9.17, 15) is 9.59 Å². The molecule has 3 aromatic heterocycles. The Morgan fingerprint density at radius 2 is 2.00 bits per heavy atom. The SMILES string of the molecule is COc1cccc(CC(=O)N[C@@H](c2cc(=O)n3[nH]c(-c4ccccn4)cc3n2)C(C)C)c1. The number of hydrogen-bond donors (Lipinski definition) is 2. The molecule has 0 aliphatic heterocycles. The molecule has 0 aliphatic rings. The number of carbonyl (C=O) groups is 1. The Morgan fingerprint density at radius 3 is 2.72 bits per heavy atom. The van der Waals surface area contributed by atoms with Crippen LogP contribution in [-0.2, 0) is 11.2 Å². The van der Waals surface area contributed by atoms with Gasteiger partial charge in [0.15, 0.2) is 5.65 Å². The molecule has 8 nitrogen and oxygen atoms in total. The van der Waals surface area contributed by atoms with E-state index < -0.39 is 6.04 Å². The average Bonchev–Trinajstić information content (AvgIpc) is 3.23. The molecule has 0 spiro atoms. The number of H-pyrrole nitrogens is 1. The molecule has 0 saturated heterocycles. The first kappa shape index (κ1) is 21.3. The third-order valence-corrected chi connectivity index (χ3v) is 5.21. The summed E-state index contributed by atoms with van der Waals surface area (Å²) in [6.07, 6.45) is 1.89. The van der Waals surface area contributed by atoms with Crippen LogP contribution in [0.1, 0.15) is 31.1 Å². The summed E-state index contributed by atoms with van der Waals surface area (Å²) in [6.45, 7) is 3.97. The van der Waals surface area contributed by atoms with Crippen molar-refractivity contribution in [2.75, 3.05) is 7.11 Å². The molecule has 3 heterocycles. The van der Waals surface area contributed by atoms with Crippen LogP contribution in [0.25, 0.3) is 17.0 Å². The average molecular weight is 431 g/mol. The Bertz CT molecular complexity index is 1290. The van der Waals surface area contributed by atoms with Crippen molar-refractivity contribution in [3.8, 4) is 17.1 Å². The fraction of sp³-hybridized carbons (Fsp3) is 0.250. The van der Waals surface area contributed by atoms with Crippen LogP contribution < -0.4 is 15.6 Å². The molecule has 164 valence electrons. The second kappa shape index (κ2) is 9.05. The van der Waals surface area contributed by atoms with E-state index in [0.29, 0.717) is 28.5 Å². The number of rotatable bonds is 7. The molecule has 2 N–H and O–H groups in total. The summed E-state index contributed by atoms with van der Waals surface area (Å²) in [4.78, 5) is 34.5. The van der Waals surface area contributed by atoms with Gasteiger partial charge in [0.1, 0.15) is 5.75 Å². The second-order valence-electron chi connectivity index (χ2n) is 7.92. The van der Waals surface area contributed by atoms with Crippen LogP contribution in [0, 0.1) is 5.92 Å². The summed E-state index contributed by atoms with van der Waals surface area (Å²) < 4.78 is 6.60. The number of amides is 1. The van der Waals surface area contributed by atoms with Gasteiger partial charge in [-0.3, -0.25) is 19.7 Å². The summed E-state index contributed by atoms with van der Waals surface area (Å²) in [5.74, 6) is 0.585. The number of nitrogens with zero attached hydrogens (tertiary/aromatic N) is 3. The van der Waals surface area contributed by atoms with E-state index in [1.165, 1.54) is 10.6 Å². The van der Waals surface area contributed by atoms with Crippen LogP contribution in [0.15, 0.2) is 65.6 Å². The molecule has 1 aromatic carbocycles. The van der Waals surface area contributed by atoms with Gasteiger partial charge in [0, 0.05) is 18.3 Å². The van der Waals surface area contributed by atoms with Gasteiger partial charge < -0.3 is 10.1 Å². The minimum absolute atomic E-state index is 0.0350. The Kier molecular flexibility index (Phi) is 6.02. The molecule has 0 aliphatic carbocycles. The maximum absolute atomic E-state index is 12.8. The highest BCUT2D eigenvalue weighted by molar-refractivity contribution is 5.79. The van der Waals surface area contributed by atoms with Gasteiger partial charge in [-0.1, -0.05) is 32.0 Å². The van der Waals surface area contributed by atoms with Crippen LogP contribution in [0.5, 0.6) is 5.75 Å². The number of nitrogens with one attached hydrogen (secondary N) is 2. The monoisotopic (exact) mass is 431 g/mol. The molecule has 0 fully saturated rings. The minimum atomic E-state index is -0.404. The number of hydrogen-bond acceptors (Lipinski definition) is 5. The molecule has 32 heavy (non-hydrogen) atoms. The first-order chi connectivity index (χ1) is 15.4. The van der Waals surface area contributed by atoms with Crippen LogP contribution >= 0.6 is 0 Å². The quantitative estimate of drug-likeness (QED) is 0.468. The third kappa shape index (κ3) is 4.54. The molecule has 0 unspecified atom stereocenters. The van der Waals surface area contributed by atoms with E-state index in [2.05, 4.69) is 20.4 Å². The minimum Gasteiger partial charge on any atom is -0.497 e. The number of pyridine rings is 1. The Balaban J connectivity index is 1.60. The van der Waals surface area contributed by atoms with Gasteiger partial charge >= 0.3 is 0 Å². The molecule has 0 saturated carbocycles. The fourth-order valence-corrected chi connectivity index (χ4v) is 3.60. The molecular formula is C24H25N5O3.